The van der Waals surface area contributed by atoms with Gasteiger partial charge in [0.15, 0.2) is 12.4 Å². The monoisotopic (exact) mass is 423 g/mol. The lowest BCUT2D eigenvalue weighted by molar-refractivity contribution is -0.120. The zero-order chi connectivity index (χ0) is 21.3. The third kappa shape index (κ3) is 6.94. The molecule has 154 valence electrons. The molecule has 0 aliphatic heterocycles. The van der Waals surface area contributed by atoms with Crippen molar-refractivity contribution in [3.8, 4) is 11.5 Å². The Morgan fingerprint density at radius 3 is 2.00 bits per heavy atom. The van der Waals surface area contributed by atoms with Crippen LogP contribution >= 0.6 is 11.6 Å². The maximum atomic E-state index is 12.1. The zero-order valence-electron chi connectivity index (χ0n) is 16.6. The molecular weight excluding hydrogens is 402 g/mol. The Hall–Kier alpha value is -3.31. The van der Waals surface area contributed by atoms with Crippen LogP contribution in [0.3, 0.4) is 0 Å². The number of anilines is 1. The summed E-state index contributed by atoms with van der Waals surface area (Å²) in [6.45, 7) is 1.90. The molecular formula is C24H22ClNO4. The molecule has 0 bridgehead atoms. The first-order chi connectivity index (χ1) is 14.5. The Kier molecular flexibility index (Phi) is 7.46. The molecule has 1 N–H and O–H groups in total. The van der Waals surface area contributed by atoms with Crippen LogP contribution in [0, 0.1) is 6.92 Å². The lowest BCUT2D eigenvalue weighted by Gasteiger charge is -2.09. The molecule has 0 aromatic heterocycles. The second-order valence-corrected chi connectivity index (χ2v) is 7.24. The van der Waals surface area contributed by atoms with Gasteiger partial charge >= 0.3 is 0 Å². The van der Waals surface area contributed by atoms with Crippen molar-refractivity contribution < 1.29 is 19.1 Å². The van der Waals surface area contributed by atoms with Gasteiger partial charge in [0.2, 0.25) is 0 Å². The number of carbonyl (C=O) groups excluding carboxylic acids is 2. The summed E-state index contributed by atoms with van der Waals surface area (Å²) < 4.78 is 10.9. The van der Waals surface area contributed by atoms with Gasteiger partial charge in [0.25, 0.3) is 5.91 Å². The number of amides is 1. The van der Waals surface area contributed by atoms with Crippen LogP contribution in [0.1, 0.15) is 11.1 Å². The van der Waals surface area contributed by atoms with E-state index in [0.29, 0.717) is 22.2 Å². The second kappa shape index (κ2) is 10.5. The molecule has 0 heterocycles. The maximum absolute atomic E-state index is 12.1. The van der Waals surface area contributed by atoms with E-state index in [4.69, 9.17) is 21.1 Å². The molecule has 0 saturated carbocycles. The van der Waals surface area contributed by atoms with E-state index < -0.39 is 0 Å². The number of hydrogen-bond acceptors (Lipinski definition) is 4. The van der Waals surface area contributed by atoms with Gasteiger partial charge in [-0.15, -0.1) is 0 Å². The lowest BCUT2D eigenvalue weighted by Crippen LogP contribution is -2.20. The molecule has 0 aliphatic rings. The van der Waals surface area contributed by atoms with Crippen molar-refractivity contribution in [2.75, 3.05) is 18.5 Å². The minimum atomic E-state index is -0.278. The molecule has 0 fully saturated rings. The minimum Gasteiger partial charge on any atom is -0.486 e. The highest BCUT2D eigenvalue weighted by Gasteiger charge is 2.07. The number of Topliss-reactive ketones (excluding diaryl/α,β-unsaturated/α-hetero) is 1. The summed E-state index contributed by atoms with van der Waals surface area (Å²) in [7, 11) is 0. The van der Waals surface area contributed by atoms with Crippen molar-refractivity contribution in [3.63, 3.8) is 0 Å². The first-order valence-electron chi connectivity index (χ1n) is 9.46. The fraction of sp³-hybridized carbons (Fsp3) is 0.167. The van der Waals surface area contributed by atoms with Crippen molar-refractivity contribution in [3.05, 3.63) is 88.9 Å². The van der Waals surface area contributed by atoms with Gasteiger partial charge in [-0.3, -0.25) is 9.59 Å². The number of carbonyl (C=O) groups is 2. The summed E-state index contributed by atoms with van der Waals surface area (Å²) in [6, 6.07) is 21.5. The predicted molar refractivity (Wildman–Crippen MR) is 117 cm³/mol. The predicted octanol–water partition coefficient (Wildman–Crippen LogP) is 4.86. The average molecular weight is 424 g/mol. The number of hydrogen-bond donors (Lipinski definition) is 1. The molecule has 0 spiro atoms. The average Bonchev–Trinajstić information content (AvgIpc) is 2.74. The van der Waals surface area contributed by atoms with Gasteiger partial charge in [-0.2, -0.15) is 0 Å². The standard InChI is InChI=1S/C24H22ClNO4/c1-17-2-10-22(11-3-17)29-15-21(27)14-18-4-8-20(9-5-18)26-24(28)16-30-23-12-6-19(25)7-13-23/h2-13H,14-16H2,1H3,(H,26,28). The van der Waals surface area contributed by atoms with E-state index >= 15 is 0 Å². The van der Waals surface area contributed by atoms with Gasteiger partial charge in [-0.25, -0.2) is 0 Å². The molecule has 3 aromatic carbocycles. The summed E-state index contributed by atoms with van der Waals surface area (Å²) in [6.07, 6.45) is 0.264. The Bertz CT molecular complexity index is 901. The van der Waals surface area contributed by atoms with Crippen LogP contribution in [0.5, 0.6) is 11.5 Å². The lowest BCUT2D eigenvalue weighted by atomic mass is 10.1. The molecule has 3 aromatic rings. The molecule has 0 saturated heterocycles. The number of rotatable bonds is 9. The SMILES string of the molecule is Cc1ccc(OCC(=O)Cc2ccc(NC(=O)COc3ccc(Cl)cc3)cc2)cc1. The van der Waals surface area contributed by atoms with Crippen molar-refractivity contribution in [1.82, 2.24) is 0 Å². The Labute approximate surface area is 180 Å². The van der Waals surface area contributed by atoms with Gasteiger partial charge in [0.1, 0.15) is 18.1 Å². The van der Waals surface area contributed by atoms with Gasteiger partial charge in [-0.05, 0) is 61.0 Å². The largest absolute Gasteiger partial charge is 0.486 e. The van der Waals surface area contributed by atoms with E-state index in [1.165, 1.54) is 0 Å². The van der Waals surface area contributed by atoms with Crippen molar-refractivity contribution in [1.29, 1.82) is 0 Å². The number of ketones is 1. The zero-order valence-corrected chi connectivity index (χ0v) is 17.3. The van der Waals surface area contributed by atoms with Crippen LogP contribution in [-0.2, 0) is 16.0 Å². The highest BCUT2D eigenvalue weighted by molar-refractivity contribution is 6.30. The molecule has 5 nitrogen and oxygen atoms in total. The number of halogens is 1. The van der Waals surface area contributed by atoms with E-state index in [1.54, 1.807) is 48.5 Å². The topological polar surface area (TPSA) is 64.6 Å². The maximum Gasteiger partial charge on any atom is 0.262 e. The van der Waals surface area contributed by atoms with Crippen molar-refractivity contribution in [2.45, 2.75) is 13.3 Å². The van der Waals surface area contributed by atoms with Crippen molar-refractivity contribution >= 4 is 29.0 Å². The van der Waals surface area contributed by atoms with Gasteiger partial charge < -0.3 is 14.8 Å². The molecule has 6 heteroatoms. The first kappa shape index (κ1) is 21.4. The molecule has 3 rings (SSSR count). The molecule has 0 aliphatic carbocycles. The molecule has 0 radical (unpaired) electrons. The second-order valence-electron chi connectivity index (χ2n) is 6.80. The summed E-state index contributed by atoms with van der Waals surface area (Å²) in [5.41, 5.74) is 2.62. The van der Waals surface area contributed by atoms with Crippen LogP contribution in [0.2, 0.25) is 5.02 Å². The van der Waals surface area contributed by atoms with E-state index in [0.717, 1.165) is 11.1 Å². The summed E-state index contributed by atoms with van der Waals surface area (Å²) in [5.74, 6) is 0.938. The summed E-state index contributed by atoms with van der Waals surface area (Å²) in [4.78, 5) is 24.2. The summed E-state index contributed by atoms with van der Waals surface area (Å²) >= 11 is 5.81. The van der Waals surface area contributed by atoms with Gasteiger partial charge in [0, 0.05) is 17.1 Å². The van der Waals surface area contributed by atoms with Crippen LogP contribution in [0.15, 0.2) is 72.8 Å². The van der Waals surface area contributed by atoms with E-state index in [1.807, 2.05) is 31.2 Å². The highest BCUT2D eigenvalue weighted by atomic mass is 35.5. The molecule has 0 unspecified atom stereocenters. The van der Waals surface area contributed by atoms with Gasteiger partial charge in [-0.1, -0.05) is 41.4 Å². The van der Waals surface area contributed by atoms with Crippen LogP contribution < -0.4 is 14.8 Å². The summed E-state index contributed by atoms with van der Waals surface area (Å²) in [5, 5.41) is 3.36. The van der Waals surface area contributed by atoms with Crippen molar-refractivity contribution in [2.24, 2.45) is 0 Å². The smallest absolute Gasteiger partial charge is 0.262 e. The third-order valence-electron chi connectivity index (χ3n) is 4.24. The number of benzene rings is 3. The van der Waals surface area contributed by atoms with Crippen LogP contribution in [0.4, 0.5) is 5.69 Å². The molecule has 30 heavy (non-hydrogen) atoms. The molecule has 1 amide bonds. The third-order valence-corrected chi connectivity index (χ3v) is 4.50. The van der Waals surface area contributed by atoms with Crippen LogP contribution in [0.25, 0.3) is 0 Å². The highest BCUT2D eigenvalue weighted by Crippen LogP contribution is 2.16. The fourth-order valence-corrected chi connectivity index (χ4v) is 2.79. The van der Waals surface area contributed by atoms with Gasteiger partial charge in [0.05, 0.1) is 0 Å². The molecule has 0 atom stereocenters. The van der Waals surface area contributed by atoms with Crippen LogP contribution in [-0.4, -0.2) is 24.9 Å². The number of aryl methyl sites for hydroxylation is 1. The normalized spacial score (nSPS) is 10.3. The fourth-order valence-electron chi connectivity index (χ4n) is 2.66. The Morgan fingerprint density at radius 1 is 0.800 bits per heavy atom. The van der Waals surface area contributed by atoms with E-state index in [2.05, 4.69) is 5.32 Å². The number of nitrogens with one attached hydrogen (secondary N) is 1. The minimum absolute atomic E-state index is 0.0174. The Morgan fingerprint density at radius 2 is 1.37 bits per heavy atom. The Balaban J connectivity index is 1.42. The number of ether oxygens (including phenoxy) is 2. The van der Waals surface area contributed by atoms with E-state index in [9.17, 15) is 9.59 Å². The quantitative estimate of drug-likeness (QED) is 0.534. The first-order valence-corrected chi connectivity index (χ1v) is 9.84. The van der Waals surface area contributed by atoms with E-state index in [-0.39, 0.29) is 31.3 Å².